The summed E-state index contributed by atoms with van der Waals surface area (Å²) >= 11 is 0. The van der Waals surface area contributed by atoms with E-state index in [4.69, 9.17) is 0 Å². The van der Waals surface area contributed by atoms with Crippen molar-refractivity contribution < 1.29 is 13.2 Å². The van der Waals surface area contributed by atoms with E-state index < -0.39 is 11.7 Å². The number of benzene rings is 1. The highest BCUT2D eigenvalue weighted by atomic mass is 19.4. The average molecular weight is 419 g/mol. The van der Waals surface area contributed by atoms with Gasteiger partial charge in [0.1, 0.15) is 0 Å². The van der Waals surface area contributed by atoms with E-state index in [0.717, 1.165) is 56.6 Å². The van der Waals surface area contributed by atoms with E-state index in [1.807, 2.05) is 6.07 Å². The molecular formula is C22H28F3N5. The second-order valence-corrected chi connectivity index (χ2v) is 8.41. The van der Waals surface area contributed by atoms with Gasteiger partial charge in [-0.2, -0.15) is 13.2 Å². The fourth-order valence-electron chi connectivity index (χ4n) is 4.45. The van der Waals surface area contributed by atoms with Gasteiger partial charge in [-0.05, 0) is 56.6 Å². The number of piperazine rings is 1. The number of aromatic nitrogens is 2. The lowest BCUT2D eigenvalue weighted by atomic mass is 9.97. The summed E-state index contributed by atoms with van der Waals surface area (Å²) in [6.45, 7) is 7.31. The van der Waals surface area contributed by atoms with E-state index in [2.05, 4.69) is 31.9 Å². The quantitative estimate of drug-likeness (QED) is 0.756. The molecule has 1 aromatic heterocycles. The highest BCUT2D eigenvalue weighted by molar-refractivity contribution is 5.61. The van der Waals surface area contributed by atoms with Crippen LogP contribution < -0.4 is 4.90 Å². The molecule has 2 aliphatic heterocycles. The van der Waals surface area contributed by atoms with Crippen molar-refractivity contribution in [1.82, 2.24) is 20.0 Å². The molecule has 162 valence electrons. The summed E-state index contributed by atoms with van der Waals surface area (Å²) in [5.41, 5.74) is 0.196. The minimum absolute atomic E-state index is 0.422. The largest absolute Gasteiger partial charge is 0.416 e. The minimum Gasteiger partial charge on any atom is -0.353 e. The fourth-order valence-corrected chi connectivity index (χ4v) is 4.45. The maximum Gasteiger partial charge on any atom is 0.416 e. The zero-order valence-corrected chi connectivity index (χ0v) is 17.3. The number of piperidine rings is 1. The van der Waals surface area contributed by atoms with E-state index in [9.17, 15) is 13.2 Å². The lowest BCUT2D eigenvalue weighted by Gasteiger charge is -2.38. The molecule has 0 N–H and O–H groups in total. The van der Waals surface area contributed by atoms with E-state index in [0.29, 0.717) is 11.3 Å². The van der Waals surface area contributed by atoms with Gasteiger partial charge < -0.3 is 9.80 Å². The number of nitrogens with zero attached hydrogens (tertiary/aromatic N) is 5. The zero-order valence-electron chi connectivity index (χ0n) is 17.3. The van der Waals surface area contributed by atoms with Gasteiger partial charge >= 0.3 is 6.18 Å². The number of halogens is 3. The summed E-state index contributed by atoms with van der Waals surface area (Å²) in [5, 5.41) is 8.48. The molecule has 0 spiro atoms. The summed E-state index contributed by atoms with van der Waals surface area (Å²) in [6, 6.07) is 8.81. The van der Waals surface area contributed by atoms with Crippen LogP contribution in [0.1, 0.15) is 18.4 Å². The van der Waals surface area contributed by atoms with Crippen LogP contribution in [0.25, 0.3) is 11.3 Å². The van der Waals surface area contributed by atoms with Gasteiger partial charge in [-0.25, -0.2) is 0 Å². The highest BCUT2D eigenvalue weighted by Gasteiger charge is 2.30. The summed E-state index contributed by atoms with van der Waals surface area (Å²) in [4.78, 5) is 7.16. The number of hydrogen-bond acceptors (Lipinski definition) is 5. The second-order valence-electron chi connectivity index (χ2n) is 8.41. The van der Waals surface area contributed by atoms with Gasteiger partial charge in [-0.1, -0.05) is 12.1 Å². The van der Waals surface area contributed by atoms with Crippen LogP contribution in [0.2, 0.25) is 0 Å². The standard InChI is InChI=1S/C22H28F3N5/c1-28-9-3-4-17(15-28)16-29-10-12-30(13-11-29)21-8-7-20(26-27-21)18-5-2-6-19(14-18)22(23,24)25/h2,5-8,14,17H,3-4,9-13,15-16H2,1H3. The molecule has 2 aromatic rings. The lowest BCUT2D eigenvalue weighted by molar-refractivity contribution is -0.137. The van der Waals surface area contributed by atoms with Gasteiger partial charge in [-0.15, -0.1) is 10.2 Å². The molecule has 0 bridgehead atoms. The van der Waals surface area contributed by atoms with Crippen LogP contribution in [-0.2, 0) is 6.18 Å². The molecule has 1 unspecified atom stereocenters. The average Bonchev–Trinajstić information content (AvgIpc) is 2.74. The first-order valence-electron chi connectivity index (χ1n) is 10.6. The maximum absolute atomic E-state index is 12.9. The molecule has 2 saturated heterocycles. The number of anilines is 1. The molecular weight excluding hydrogens is 391 g/mol. The van der Waals surface area contributed by atoms with Crippen molar-refractivity contribution in [2.24, 2.45) is 5.92 Å². The lowest BCUT2D eigenvalue weighted by Crippen LogP contribution is -2.49. The van der Waals surface area contributed by atoms with Crippen LogP contribution in [0.3, 0.4) is 0 Å². The van der Waals surface area contributed by atoms with Gasteiger partial charge in [-0.3, -0.25) is 4.90 Å². The molecule has 8 heteroatoms. The first-order valence-corrected chi connectivity index (χ1v) is 10.6. The molecule has 0 saturated carbocycles. The predicted octanol–water partition coefficient (Wildman–Crippen LogP) is 3.63. The molecule has 2 aliphatic rings. The predicted molar refractivity (Wildman–Crippen MR) is 111 cm³/mol. The Labute approximate surface area is 175 Å². The molecule has 0 radical (unpaired) electrons. The molecule has 4 rings (SSSR count). The third-order valence-electron chi connectivity index (χ3n) is 6.07. The monoisotopic (exact) mass is 419 g/mol. The van der Waals surface area contributed by atoms with Crippen molar-refractivity contribution in [2.75, 3.05) is 57.8 Å². The van der Waals surface area contributed by atoms with Crippen LogP contribution in [0.4, 0.5) is 19.0 Å². The normalized spacial score (nSPS) is 21.7. The molecule has 30 heavy (non-hydrogen) atoms. The van der Waals surface area contributed by atoms with Gasteiger partial charge in [0.15, 0.2) is 5.82 Å². The SMILES string of the molecule is CN1CCCC(CN2CCN(c3ccc(-c4cccc(C(F)(F)F)c4)nn3)CC2)C1. The third-order valence-corrected chi connectivity index (χ3v) is 6.07. The Morgan fingerprint density at radius 3 is 2.47 bits per heavy atom. The Morgan fingerprint density at radius 2 is 1.80 bits per heavy atom. The van der Waals surface area contributed by atoms with Crippen LogP contribution in [0, 0.1) is 5.92 Å². The highest BCUT2D eigenvalue weighted by Crippen LogP contribution is 2.31. The van der Waals surface area contributed by atoms with Crippen molar-refractivity contribution in [3.63, 3.8) is 0 Å². The Morgan fingerprint density at radius 1 is 1.00 bits per heavy atom. The maximum atomic E-state index is 12.9. The molecule has 0 amide bonds. The van der Waals surface area contributed by atoms with E-state index >= 15 is 0 Å². The molecule has 3 heterocycles. The Bertz CT molecular complexity index is 831. The summed E-state index contributed by atoms with van der Waals surface area (Å²) < 4.78 is 38.8. The smallest absolute Gasteiger partial charge is 0.353 e. The molecule has 2 fully saturated rings. The van der Waals surface area contributed by atoms with Crippen molar-refractivity contribution in [2.45, 2.75) is 19.0 Å². The Kier molecular flexibility index (Phi) is 6.24. The van der Waals surface area contributed by atoms with Crippen molar-refractivity contribution >= 4 is 5.82 Å². The second kappa shape index (κ2) is 8.89. The van der Waals surface area contributed by atoms with Crippen LogP contribution in [0.15, 0.2) is 36.4 Å². The molecule has 1 atom stereocenters. The van der Waals surface area contributed by atoms with Gasteiger partial charge in [0, 0.05) is 44.8 Å². The molecule has 0 aliphatic carbocycles. The Hall–Kier alpha value is -2.19. The number of alkyl halides is 3. The minimum atomic E-state index is -4.36. The zero-order chi connectivity index (χ0) is 21.1. The fraction of sp³-hybridized carbons (Fsp3) is 0.545. The van der Waals surface area contributed by atoms with E-state index in [1.54, 1.807) is 12.1 Å². The molecule has 5 nitrogen and oxygen atoms in total. The number of rotatable bonds is 4. The van der Waals surface area contributed by atoms with Gasteiger partial charge in [0.2, 0.25) is 0 Å². The van der Waals surface area contributed by atoms with E-state index in [1.165, 1.54) is 32.0 Å². The van der Waals surface area contributed by atoms with Gasteiger partial charge in [0.25, 0.3) is 0 Å². The first kappa shape index (κ1) is 21.1. The van der Waals surface area contributed by atoms with Crippen molar-refractivity contribution in [1.29, 1.82) is 0 Å². The van der Waals surface area contributed by atoms with E-state index in [-0.39, 0.29) is 0 Å². The summed E-state index contributed by atoms with van der Waals surface area (Å²) in [7, 11) is 2.20. The number of hydrogen-bond donors (Lipinski definition) is 0. The van der Waals surface area contributed by atoms with Crippen molar-refractivity contribution in [3.05, 3.63) is 42.0 Å². The van der Waals surface area contributed by atoms with Crippen LogP contribution in [0.5, 0.6) is 0 Å². The van der Waals surface area contributed by atoms with Crippen molar-refractivity contribution in [3.8, 4) is 11.3 Å². The topological polar surface area (TPSA) is 35.5 Å². The summed E-state index contributed by atoms with van der Waals surface area (Å²) in [6.07, 6.45) is -1.77. The third kappa shape index (κ3) is 5.10. The van der Waals surface area contributed by atoms with Crippen LogP contribution >= 0.6 is 0 Å². The molecule has 1 aromatic carbocycles. The van der Waals surface area contributed by atoms with Crippen LogP contribution in [-0.4, -0.2) is 72.9 Å². The first-order chi connectivity index (χ1) is 14.4. The summed E-state index contributed by atoms with van der Waals surface area (Å²) in [5.74, 6) is 1.53. The number of likely N-dealkylation sites (tertiary alicyclic amines) is 1. The Balaban J connectivity index is 1.34. The van der Waals surface area contributed by atoms with Gasteiger partial charge in [0.05, 0.1) is 11.3 Å².